The Morgan fingerprint density at radius 1 is 1.20 bits per heavy atom. The molecule has 230 valence electrons. The number of fused-ring (bicyclic) bond motifs is 1. The van der Waals surface area contributed by atoms with Crippen molar-refractivity contribution in [2.75, 3.05) is 24.2 Å². The number of aromatic amines is 1. The Kier molecular flexibility index (Phi) is 12.5. The third-order valence-electron chi connectivity index (χ3n) is 6.39. The minimum absolute atomic E-state index is 0.0667. The highest BCUT2D eigenvalue weighted by Crippen LogP contribution is 2.32. The van der Waals surface area contributed by atoms with Gasteiger partial charge in [0, 0.05) is 42.3 Å². The summed E-state index contributed by atoms with van der Waals surface area (Å²) in [5.74, 6) is -0.248. The van der Waals surface area contributed by atoms with Crippen LogP contribution in [-0.2, 0) is 17.9 Å². The summed E-state index contributed by atoms with van der Waals surface area (Å²) in [4.78, 5) is 44.4. The lowest BCUT2D eigenvalue weighted by molar-refractivity contribution is -0.104. The number of hydrogen-bond acceptors (Lipinski definition) is 7. The summed E-state index contributed by atoms with van der Waals surface area (Å²) in [6, 6.07) is 9.72. The van der Waals surface area contributed by atoms with E-state index in [1.54, 1.807) is 58.5 Å². The molecule has 4 heterocycles. The van der Waals surface area contributed by atoms with Crippen LogP contribution in [0.15, 0.2) is 85.4 Å². The zero-order chi connectivity index (χ0) is 32.1. The number of nitrogens with one attached hydrogen (secondary N) is 3. The van der Waals surface area contributed by atoms with Crippen LogP contribution in [-0.4, -0.2) is 56.3 Å². The number of aromatic nitrogens is 4. The first kappa shape index (κ1) is 33.4. The standard InChI is InChI=1S/C24H24FN7O2S.C5H8.C3H4O/c1-14-10-31(23(34)18-4-3-9-27-18)12-17-20(22(33)29-24-28-19(26-2)13-35-24)30-32(21(14)17)11-15-5-7-16(25)8-6-15;1-3-5-4-2;1-2-3-4/h3-9,13-14,26-27H,10-12H2,1-2H3,(H,28,29,33);3-5H,1H2,2H3;2-3H,1H2/b;5-4-;. The number of thiazole rings is 1. The number of amides is 2. The fourth-order valence-corrected chi connectivity index (χ4v) is 5.18. The number of nitrogens with zero attached hydrogens (tertiary/aromatic N) is 4. The molecule has 0 saturated carbocycles. The average molecular weight is 618 g/mol. The molecule has 0 spiro atoms. The Morgan fingerprint density at radius 2 is 1.93 bits per heavy atom. The molecule has 5 rings (SSSR count). The van der Waals surface area contributed by atoms with Crippen LogP contribution in [0.3, 0.4) is 0 Å². The lowest BCUT2D eigenvalue weighted by atomic mass is 9.95. The topological polar surface area (TPSA) is 125 Å². The molecule has 0 saturated heterocycles. The SMILES string of the molecule is C=C/C=C\C.C=CC=O.CNc1csc(NC(=O)c2nn(Cc3ccc(F)cc3)c3c2CN(C(=O)c2ccc[nH]2)CC3C)n1. The number of benzene rings is 1. The quantitative estimate of drug-likeness (QED) is 0.126. The number of carbonyl (C=O) groups is 3. The van der Waals surface area contributed by atoms with Crippen LogP contribution in [0, 0.1) is 5.82 Å². The number of H-pyrrole nitrogens is 1. The molecule has 2 amide bonds. The fraction of sp³-hybridized carbons (Fsp3) is 0.219. The third kappa shape index (κ3) is 8.71. The maximum atomic E-state index is 13.4. The van der Waals surface area contributed by atoms with Crippen molar-refractivity contribution in [3.8, 4) is 0 Å². The highest BCUT2D eigenvalue weighted by Gasteiger charge is 2.34. The van der Waals surface area contributed by atoms with Gasteiger partial charge in [0.15, 0.2) is 10.8 Å². The summed E-state index contributed by atoms with van der Waals surface area (Å²) < 4.78 is 15.2. The highest BCUT2D eigenvalue weighted by atomic mass is 32.1. The van der Waals surface area contributed by atoms with Crippen molar-refractivity contribution in [2.24, 2.45) is 0 Å². The molecule has 12 heteroatoms. The van der Waals surface area contributed by atoms with Gasteiger partial charge in [0.2, 0.25) is 0 Å². The largest absolute Gasteiger partial charge is 0.372 e. The molecule has 0 radical (unpaired) electrons. The molecule has 0 fully saturated rings. The second-order valence-electron chi connectivity index (χ2n) is 9.54. The second kappa shape index (κ2) is 16.5. The molecule has 1 aromatic carbocycles. The molecule has 3 N–H and O–H groups in total. The average Bonchev–Trinajstić information content (AvgIpc) is 3.80. The van der Waals surface area contributed by atoms with Crippen molar-refractivity contribution in [2.45, 2.75) is 32.9 Å². The Bertz CT molecular complexity index is 1580. The van der Waals surface area contributed by atoms with E-state index >= 15 is 0 Å². The molecule has 4 aromatic rings. The van der Waals surface area contributed by atoms with Gasteiger partial charge >= 0.3 is 0 Å². The van der Waals surface area contributed by atoms with Gasteiger partial charge in [0.1, 0.15) is 23.6 Å². The van der Waals surface area contributed by atoms with E-state index in [1.165, 1.54) is 29.5 Å². The zero-order valence-electron chi connectivity index (χ0n) is 24.9. The van der Waals surface area contributed by atoms with Gasteiger partial charge in [-0.25, -0.2) is 9.37 Å². The number of aldehydes is 1. The molecular weight excluding hydrogens is 581 g/mol. The van der Waals surface area contributed by atoms with Gasteiger partial charge in [-0.05, 0) is 42.8 Å². The monoisotopic (exact) mass is 617 g/mol. The number of halogens is 1. The van der Waals surface area contributed by atoms with Crippen molar-refractivity contribution >= 4 is 40.4 Å². The molecule has 1 atom stereocenters. The molecule has 1 aliphatic heterocycles. The first-order valence-electron chi connectivity index (χ1n) is 13.8. The smallest absolute Gasteiger partial charge is 0.278 e. The minimum Gasteiger partial charge on any atom is -0.372 e. The normalized spacial score (nSPS) is 13.5. The molecule has 1 unspecified atom stereocenters. The van der Waals surface area contributed by atoms with E-state index in [0.717, 1.165) is 11.3 Å². The van der Waals surface area contributed by atoms with Crippen LogP contribution in [0.5, 0.6) is 0 Å². The van der Waals surface area contributed by atoms with Crippen LogP contribution in [0.25, 0.3) is 0 Å². The fourth-order valence-electron chi connectivity index (χ4n) is 4.48. The maximum absolute atomic E-state index is 13.4. The van der Waals surface area contributed by atoms with Gasteiger partial charge in [-0.1, -0.05) is 50.4 Å². The van der Waals surface area contributed by atoms with Crippen LogP contribution in [0.1, 0.15) is 57.6 Å². The van der Waals surface area contributed by atoms with Crippen molar-refractivity contribution in [3.63, 3.8) is 0 Å². The number of rotatable bonds is 8. The van der Waals surface area contributed by atoms with Crippen molar-refractivity contribution in [1.29, 1.82) is 0 Å². The summed E-state index contributed by atoms with van der Waals surface area (Å²) in [5.41, 5.74) is 3.20. The van der Waals surface area contributed by atoms with E-state index in [-0.39, 0.29) is 29.9 Å². The third-order valence-corrected chi connectivity index (χ3v) is 7.14. The highest BCUT2D eigenvalue weighted by molar-refractivity contribution is 7.14. The molecular formula is C32H36FN7O3S. The van der Waals surface area contributed by atoms with Crippen molar-refractivity contribution < 1.29 is 18.8 Å². The van der Waals surface area contributed by atoms with E-state index in [2.05, 4.69) is 38.9 Å². The van der Waals surface area contributed by atoms with E-state index in [9.17, 15) is 14.0 Å². The zero-order valence-corrected chi connectivity index (χ0v) is 25.7. The summed E-state index contributed by atoms with van der Waals surface area (Å²) in [5, 5.41) is 12.7. The predicted octanol–water partition coefficient (Wildman–Crippen LogP) is 6.03. The lowest BCUT2D eigenvalue weighted by Gasteiger charge is -2.32. The number of hydrogen-bond donors (Lipinski definition) is 3. The number of anilines is 2. The second-order valence-corrected chi connectivity index (χ2v) is 10.4. The molecule has 10 nitrogen and oxygen atoms in total. The Balaban J connectivity index is 0.000000519. The van der Waals surface area contributed by atoms with Crippen LogP contribution < -0.4 is 10.6 Å². The van der Waals surface area contributed by atoms with Gasteiger partial charge in [0.05, 0.1) is 13.1 Å². The van der Waals surface area contributed by atoms with Gasteiger partial charge in [-0.15, -0.1) is 11.3 Å². The van der Waals surface area contributed by atoms with Crippen LogP contribution >= 0.6 is 11.3 Å². The predicted molar refractivity (Wildman–Crippen MR) is 173 cm³/mol. The summed E-state index contributed by atoms with van der Waals surface area (Å²) in [6.45, 7) is 11.7. The molecule has 3 aromatic heterocycles. The summed E-state index contributed by atoms with van der Waals surface area (Å²) in [6.07, 6.45) is 9.12. The maximum Gasteiger partial charge on any atom is 0.278 e. The van der Waals surface area contributed by atoms with E-state index < -0.39 is 5.91 Å². The van der Waals surface area contributed by atoms with Crippen LogP contribution in [0.2, 0.25) is 0 Å². The van der Waals surface area contributed by atoms with Gasteiger partial charge in [0.25, 0.3) is 11.8 Å². The van der Waals surface area contributed by atoms with E-state index in [0.29, 0.717) is 41.6 Å². The van der Waals surface area contributed by atoms with Gasteiger partial charge in [-0.3, -0.25) is 24.4 Å². The summed E-state index contributed by atoms with van der Waals surface area (Å²) >= 11 is 1.31. The Morgan fingerprint density at radius 3 is 2.48 bits per heavy atom. The van der Waals surface area contributed by atoms with E-state index in [4.69, 9.17) is 4.79 Å². The number of allylic oxidation sites excluding steroid dienone is 4. The molecule has 44 heavy (non-hydrogen) atoms. The summed E-state index contributed by atoms with van der Waals surface area (Å²) in [7, 11) is 1.76. The van der Waals surface area contributed by atoms with Gasteiger partial charge < -0.3 is 15.2 Å². The molecule has 0 aliphatic carbocycles. The van der Waals surface area contributed by atoms with Crippen molar-refractivity contribution in [3.05, 3.63) is 119 Å². The Hall–Kier alpha value is -5.10. The molecule has 1 aliphatic rings. The Labute approximate surface area is 260 Å². The first-order valence-corrected chi connectivity index (χ1v) is 14.6. The van der Waals surface area contributed by atoms with E-state index in [1.807, 2.05) is 26.0 Å². The first-order chi connectivity index (χ1) is 21.3. The van der Waals surface area contributed by atoms with Gasteiger partial charge in [-0.2, -0.15) is 5.10 Å². The number of carbonyl (C=O) groups excluding carboxylic acids is 3. The van der Waals surface area contributed by atoms with Crippen LogP contribution in [0.4, 0.5) is 15.3 Å². The lowest BCUT2D eigenvalue weighted by Crippen LogP contribution is -2.38. The molecule has 0 bridgehead atoms. The van der Waals surface area contributed by atoms with Crippen molar-refractivity contribution in [1.82, 2.24) is 24.6 Å². The minimum atomic E-state index is -0.391.